The Kier molecular flexibility index (Phi) is 6.06. The molecule has 0 fully saturated rings. The van der Waals surface area contributed by atoms with Gasteiger partial charge < -0.3 is 10.4 Å². The number of carboxylic acid groups (broad SMARTS) is 1. The fourth-order valence-corrected chi connectivity index (χ4v) is 2.31. The Morgan fingerprint density at radius 1 is 1.43 bits per heavy atom. The first-order chi connectivity index (χ1) is 9.72. The number of carbonyl (C=O) groups is 2. The average Bonchev–Trinajstić information content (AvgIpc) is 2.37. The van der Waals surface area contributed by atoms with Crippen LogP contribution in [-0.4, -0.2) is 27.9 Å². The molecular weight excluding hydrogens is 391 g/mol. The van der Waals surface area contributed by atoms with E-state index in [9.17, 15) is 19.7 Å². The molecule has 0 bridgehead atoms. The first-order valence-electron chi connectivity index (χ1n) is 6.20. The number of benzene rings is 1. The van der Waals surface area contributed by atoms with Crippen molar-refractivity contribution in [3.63, 3.8) is 0 Å². The standard InChI is InChI=1S/C13H15IN2O5/c1-7(2)5-11(13(18)19)15-12(17)9-6-8(16(20)21)3-4-10(9)14/h3-4,6-7,11H,5H2,1-2H3,(H,15,17)(H,18,19). The van der Waals surface area contributed by atoms with Crippen molar-refractivity contribution in [1.29, 1.82) is 0 Å². The molecule has 21 heavy (non-hydrogen) atoms. The number of nitrogens with zero attached hydrogens (tertiary/aromatic N) is 1. The minimum absolute atomic E-state index is 0.0931. The molecular formula is C13H15IN2O5. The van der Waals surface area contributed by atoms with Gasteiger partial charge >= 0.3 is 5.97 Å². The number of carbonyl (C=O) groups excluding carboxylic acids is 1. The second-order valence-electron chi connectivity index (χ2n) is 4.92. The Bertz CT molecular complexity index is 574. The predicted molar refractivity (Wildman–Crippen MR) is 84.2 cm³/mol. The molecule has 0 aliphatic carbocycles. The maximum Gasteiger partial charge on any atom is 0.326 e. The highest BCUT2D eigenvalue weighted by molar-refractivity contribution is 14.1. The van der Waals surface area contributed by atoms with Gasteiger partial charge in [0.05, 0.1) is 10.5 Å². The summed E-state index contributed by atoms with van der Waals surface area (Å²) in [6, 6.07) is 2.87. The maximum absolute atomic E-state index is 12.1. The molecule has 1 unspecified atom stereocenters. The molecule has 0 aliphatic heterocycles. The molecule has 1 amide bonds. The van der Waals surface area contributed by atoms with Gasteiger partial charge in [-0.15, -0.1) is 0 Å². The Labute approximate surface area is 135 Å². The zero-order valence-corrected chi connectivity index (χ0v) is 13.7. The Morgan fingerprint density at radius 3 is 2.52 bits per heavy atom. The minimum atomic E-state index is -1.13. The molecule has 1 rings (SSSR count). The summed E-state index contributed by atoms with van der Waals surface area (Å²) in [6.07, 6.45) is 0.284. The van der Waals surface area contributed by atoms with Gasteiger partial charge in [0.2, 0.25) is 0 Å². The zero-order chi connectivity index (χ0) is 16.2. The third-order valence-electron chi connectivity index (χ3n) is 2.72. The van der Waals surface area contributed by atoms with Crippen LogP contribution in [-0.2, 0) is 4.79 Å². The fraction of sp³-hybridized carbons (Fsp3) is 0.385. The number of non-ortho nitro benzene ring substituents is 1. The lowest BCUT2D eigenvalue weighted by atomic mass is 10.0. The number of carboxylic acids is 1. The van der Waals surface area contributed by atoms with Gasteiger partial charge in [0, 0.05) is 15.7 Å². The smallest absolute Gasteiger partial charge is 0.326 e. The Balaban J connectivity index is 2.99. The molecule has 1 aromatic carbocycles. The second-order valence-corrected chi connectivity index (χ2v) is 6.08. The highest BCUT2D eigenvalue weighted by Gasteiger charge is 2.23. The zero-order valence-electron chi connectivity index (χ0n) is 11.5. The van der Waals surface area contributed by atoms with Crippen molar-refractivity contribution in [1.82, 2.24) is 5.32 Å². The van der Waals surface area contributed by atoms with Gasteiger partial charge in [0.25, 0.3) is 11.6 Å². The molecule has 0 saturated carbocycles. The summed E-state index contributed by atoms with van der Waals surface area (Å²) in [5.74, 6) is -1.66. The van der Waals surface area contributed by atoms with Crippen LogP contribution in [0.15, 0.2) is 18.2 Å². The third-order valence-corrected chi connectivity index (χ3v) is 3.66. The van der Waals surface area contributed by atoms with Crippen LogP contribution in [0, 0.1) is 19.6 Å². The summed E-state index contributed by atoms with van der Waals surface area (Å²) in [4.78, 5) is 33.4. The van der Waals surface area contributed by atoms with E-state index in [1.165, 1.54) is 12.1 Å². The van der Waals surface area contributed by atoms with Crippen molar-refractivity contribution in [2.24, 2.45) is 5.92 Å². The van der Waals surface area contributed by atoms with Gasteiger partial charge in [-0.25, -0.2) is 4.79 Å². The summed E-state index contributed by atoms with van der Waals surface area (Å²) in [6.45, 7) is 3.69. The summed E-state index contributed by atoms with van der Waals surface area (Å²) < 4.78 is 0.518. The van der Waals surface area contributed by atoms with Crippen LogP contribution in [0.5, 0.6) is 0 Å². The van der Waals surface area contributed by atoms with E-state index in [1.54, 1.807) is 0 Å². The van der Waals surface area contributed by atoms with Gasteiger partial charge in [-0.1, -0.05) is 13.8 Å². The summed E-state index contributed by atoms with van der Waals surface area (Å²) in [5.41, 5.74) is -0.115. The van der Waals surface area contributed by atoms with E-state index < -0.39 is 22.8 Å². The lowest BCUT2D eigenvalue weighted by Gasteiger charge is -2.16. The predicted octanol–water partition coefficient (Wildman–Crippen LogP) is 2.43. The number of amides is 1. The summed E-state index contributed by atoms with van der Waals surface area (Å²) >= 11 is 1.87. The van der Waals surface area contributed by atoms with Crippen molar-refractivity contribution in [2.75, 3.05) is 0 Å². The number of nitro benzene ring substituents is 1. The van der Waals surface area contributed by atoms with Gasteiger partial charge in [0.15, 0.2) is 0 Å². The van der Waals surface area contributed by atoms with Crippen molar-refractivity contribution in [3.8, 4) is 0 Å². The molecule has 0 radical (unpaired) electrons. The van der Waals surface area contributed by atoms with Crippen molar-refractivity contribution in [2.45, 2.75) is 26.3 Å². The lowest BCUT2D eigenvalue weighted by Crippen LogP contribution is -2.41. The van der Waals surface area contributed by atoms with Gasteiger partial charge in [-0.3, -0.25) is 14.9 Å². The second kappa shape index (κ2) is 7.34. The molecule has 114 valence electrons. The van der Waals surface area contributed by atoms with E-state index in [-0.39, 0.29) is 23.6 Å². The van der Waals surface area contributed by atoms with Gasteiger partial charge in [-0.2, -0.15) is 0 Å². The summed E-state index contributed by atoms with van der Waals surface area (Å²) in [5, 5.41) is 22.3. The molecule has 0 spiro atoms. The molecule has 0 aliphatic rings. The fourth-order valence-electron chi connectivity index (χ4n) is 1.73. The van der Waals surface area contributed by atoms with Crippen molar-refractivity contribution < 1.29 is 19.6 Å². The van der Waals surface area contributed by atoms with Crippen molar-refractivity contribution in [3.05, 3.63) is 37.4 Å². The highest BCUT2D eigenvalue weighted by atomic mass is 127. The number of nitro groups is 1. The molecule has 1 aromatic rings. The maximum atomic E-state index is 12.1. The Morgan fingerprint density at radius 2 is 2.05 bits per heavy atom. The monoisotopic (exact) mass is 406 g/mol. The Hall–Kier alpha value is -1.71. The number of nitrogens with one attached hydrogen (secondary N) is 1. The highest BCUT2D eigenvalue weighted by Crippen LogP contribution is 2.20. The molecule has 0 aromatic heterocycles. The molecule has 7 nitrogen and oxygen atoms in total. The van der Waals surface area contributed by atoms with E-state index in [0.717, 1.165) is 6.07 Å². The van der Waals surface area contributed by atoms with E-state index in [1.807, 2.05) is 36.4 Å². The SMILES string of the molecule is CC(C)CC(NC(=O)c1cc([N+](=O)[O-])ccc1I)C(=O)O. The number of hydrogen-bond acceptors (Lipinski definition) is 4. The summed E-state index contributed by atoms with van der Waals surface area (Å²) in [7, 11) is 0. The van der Waals surface area contributed by atoms with Crippen LogP contribution in [0.2, 0.25) is 0 Å². The van der Waals surface area contributed by atoms with Gasteiger partial charge in [0.1, 0.15) is 6.04 Å². The van der Waals surface area contributed by atoms with Crippen LogP contribution in [0.25, 0.3) is 0 Å². The first-order valence-corrected chi connectivity index (χ1v) is 7.27. The number of aliphatic carboxylic acids is 1. The van der Waals surface area contributed by atoms with Crippen LogP contribution in [0.1, 0.15) is 30.6 Å². The normalized spacial score (nSPS) is 12.0. The number of rotatable bonds is 6. The average molecular weight is 406 g/mol. The molecule has 0 heterocycles. The molecule has 0 saturated heterocycles. The lowest BCUT2D eigenvalue weighted by molar-refractivity contribution is -0.384. The van der Waals surface area contributed by atoms with Crippen LogP contribution >= 0.6 is 22.6 Å². The van der Waals surface area contributed by atoms with E-state index >= 15 is 0 Å². The number of hydrogen-bond donors (Lipinski definition) is 2. The number of halogens is 1. The van der Waals surface area contributed by atoms with E-state index in [2.05, 4.69) is 5.32 Å². The first kappa shape index (κ1) is 17.3. The quantitative estimate of drug-likeness (QED) is 0.429. The largest absolute Gasteiger partial charge is 0.480 e. The van der Waals surface area contributed by atoms with Gasteiger partial charge in [-0.05, 0) is 41.0 Å². The van der Waals surface area contributed by atoms with Crippen LogP contribution in [0.4, 0.5) is 5.69 Å². The van der Waals surface area contributed by atoms with Crippen LogP contribution in [0.3, 0.4) is 0 Å². The van der Waals surface area contributed by atoms with E-state index in [4.69, 9.17) is 5.11 Å². The molecule has 8 heteroatoms. The minimum Gasteiger partial charge on any atom is -0.480 e. The van der Waals surface area contributed by atoms with Crippen LogP contribution < -0.4 is 5.32 Å². The van der Waals surface area contributed by atoms with E-state index in [0.29, 0.717) is 3.57 Å². The topological polar surface area (TPSA) is 110 Å². The van der Waals surface area contributed by atoms with Crippen molar-refractivity contribution >= 4 is 40.2 Å². The molecule has 2 N–H and O–H groups in total. The third kappa shape index (κ3) is 4.96. The molecule has 1 atom stereocenters.